The van der Waals surface area contributed by atoms with Crippen LogP contribution in [0.1, 0.15) is 5.56 Å². The normalized spacial score (nSPS) is 10.5. The number of benzene rings is 1. The fraction of sp³-hybridized carbons (Fsp3) is 0.462. The SMILES string of the molecule is CN(C)CCN(C)C(=O)Cc1ccccc1. The molecular weight excluding hydrogens is 200 g/mol. The summed E-state index contributed by atoms with van der Waals surface area (Å²) in [5.41, 5.74) is 1.07. The predicted octanol–water partition coefficient (Wildman–Crippen LogP) is 1.25. The van der Waals surface area contributed by atoms with Gasteiger partial charge in [0.05, 0.1) is 6.42 Å². The van der Waals surface area contributed by atoms with Crippen LogP contribution >= 0.6 is 0 Å². The Hall–Kier alpha value is -1.35. The molecule has 0 unspecified atom stereocenters. The van der Waals surface area contributed by atoms with E-state index in [1.807, 2.05) is 51.5 Å². The third-order valence-electron chi connectivity index (χ3n) is 2.51. The number of carbonyl (C=O) groups excluding carboxylic acids is 1. The molecule has 16 heavy (non-hydrogen) atoms. The smallest absolute Gasteiger partial charge is 0.226 e. The van der Waals surface area contributed by atoms with Gasteiger partial charge in [-0.15, -0.1) is 0 Å². The van der Waals surface area contributed by atoms with E-state index < -0.39 is 0 Å². The van der Waals surface area contributed by atoms with Gasteiger partial charge in [-0.2, -0.15) is 0 Å². The van der Waals surface area contributed by atoms with Gasteiger partial charge in [0.25, 0.3) is 0 Å². The molecule has 0 aliphatic rings. The molecule has 0 atom stereocenters. The van der Waals surface area contributed by atoms with Crippen LogP contribution in [0.15, 0.2) is 30.3 Å². The van der Waals surface area contributed by atoms with E-state index in [1.54, 1.807) is 4.90 Å². The van der Waals surface area contributed by atoms with E-state index >= 15 is 0 Å². The summed E-state index contributed by atoms with van der Waals surface area (Å²) in [6.07, 6.45) is 0.491. The van der Waals surface area contributed by atoms with Crippen molar-refractivity contribution < 1.29 is 4.79 Å². The lowest BCUT2D eigenvalue weighted by Gasteiger charge is -2.19. The third kappa shape index (κ3) is 4.45. The van der Waals surface area contributed by atoms with E-state index in [1.165, 1.54) is 0 Å². The minimum Gasteiger partial charge on any atom is -0.344 e. The van der Waals surface area contributed by atoms with E-state index in [0.29, 0.717) is 6.42 Å². The molecule has 1 rings (SSSR count). The molecule has 0 aliphatic carbocycles. The lowest BCUT2D eigenvalue weighted by Crippen LogP contribution is -2.34. The quantitative estimate of drug-likeness (QED) is 0.745. The third-order valence-corrected chi connectivity index (χ3v) is 2.51. The van der Waals surface area contributed by atoms with Crippen molar-refractivity contribution in [2.24, 2.45) is 0 Å². The van der Waals surface area contributed by atoms with Crippen LogP contribution in [0.5, 0.6) is 0 Å². The van der Waals surface area contributed by atoms with Crippen molar-refractivity contribution in [3.05, 3.63) is 35.9 Å². The van der Waals surface area contributed by atoms with Gasteiger partial charge in [0.2, 0.25) is 5.91 Å². The topological polar surface area (TPSA) is 23.6 Å². The molecule has 0 bridgehead atoms. The molecule has 0 heterocycles. The van der Waals surface area contributed by atoms with Gasteiger partial charge in [-0.25, -0.2) is 0 Å². The molecule has 0 saturated carbocycles. The highest BCUT2D eigenvalue weighted by Crippen LogP contribution is 2.01. The van der Waals surface area contributed by atoms with Crippen molar-refractivity contribution in [3.63, 3.8) is 0 Å². The molecule has 0 fully saturated rings. The van der Waals surface area contributed by atoms with Crippen molar-refractivity contribution in [2.75, 3.05) is 34.2 Å². The second-order valence-corrected chi connectivity index (χ2v) is 4.28. The maximum atomic E-state index is 11.8. The van der Waals surface area contributed by atoms with Crippen LogP contribution in [0.2, 0.25) is 0 Å². The van der Waals surface area contributed by atoms with E-state index in [9.17, 15) is 4.79 Å². The molecule has 0 saturated heterocycles. The molecule has 1 aromatic carbocycles. The Morgan fingerprint density at radius 2 is 1.69 bits per heavy atom. The Morgan fingerprint density at radius 1 is 1.06 bits per heavy atom. The molecule has 1 aromatic rings. The van der Waals surface area contributed by atoms with Gasteiger partial charge >= 0.3 is 0 Å². The predicted molar refractivity (Wildman–Crippen MR) is 66.3 cm³/mol. The Labute approximate surface area is 97.7 Å². The second-order valence-electron chi connectivity index (χ2n) is 4.28. The van der Waals surface area contributed by atoms with Crippen LogP contribution in [0.4, 0.5) is 0 Å². The number of nitrogens with zero attached hydrogens (tertiary/aromatic N) is 2. The molecule has 3 nitrogen and oxygen atoms in total. The molecular formula is C13H20N2O. The van der Waals surface area contributed by atoms with Crippen LogP contribution in [-0.2, 0) is 11.2 Å². The lowest BCUT2D eigenvalue weighted by atomic mass is 10.1. The highest BCUT2D eigenvalue weighted by Gasteiger charge is 2.09. The van der Waals surface area contributed by atoms with Crippen LogP contribution in [0.25, 0.3) is 0 Å². The Kier molecular flexibility index (Phi) is 4.99. The van der Waals surface area contributed by atoms with E-state index in [4.69, 9.17) is 0 Å². The van der Waals surface area contributed by atoms with Crippen LogP contribution in [0, 0.1) is 0 Å². The Morgan fingerprint density at radius 3 is 2.25 bits per heavy atom. The van der Waals surface area contributed by atoms with Gasteiger partial charge < -0.3 is 9.80 Å². The first-order valence-electron chi connectivity index (χ1n) is 5.52. The minimum absolute atomic E-state index is 0.174. The monoisotopic (exact) mass is 220 g/mol. The molecule has 3 heteroatoms. The summed E-state index contributed by atoms with van der Waals surface area (Å²) < 4.78 is 0. The maximum Gasteiger partial charge on any atom is 0.226 e. The molecule has 0 aromatic heterocycles. The highest BCUT2D eigenvalue weighted by atomic mass is 16.2. The number of hydrogen-bond donors (Lipinski definition) is 0. The molecule has 0 spiro atoms. The summed E-state index contributed by atoms with van der Waals surface area (Å²) in [6, 6.07) is 9.85. The fourth-order valence-corrected chi connectivity index (χ4v) is 1.38. The summed E-state index contributed by atoms with van der Waals surface area (Å²) in [6.45, 7) is 1.68. The van der Waals surface area contributed by atoms with Crippen molar-refractivity contribution in [3.8, 4) is 0 Å². The number of likely N-dealkylation sites (N-methyl/N-ethyl adjacent to an activating group) is 2. The molecule has 0 radical (unpaired) electrons. The lowest BCUT2D eigenvalue weighted by molar-refractivity contribution is -0.129. The van der Waals surface area contributed by atoms with Gasteiger partial charge in [-0.3, -0.25) is 4.79 Å². The number of carbonyl (C=O) groups is 1. The van der Waals surface area contributed by atoms with Gasteiger partial charge in [-0.05, 0) is 19.7 Å². The molecule has 1 amide bonds. The van der Waals surface area contributed by atoms with Crippen molar-refractivity contribution >= 4 is 5.91 Å². The highest BCUT2D eigenvalue weighted by molar-refractivity contribution is 5.78. The summed E-state index contributed by atoms with van der Waals surface area (Å²) >= 11 is 0. The Bertz CT molecular complexity index is 322. The first-order valence-corrected chi connectivity index (χ1v) is 5.52. The zero-order chi connectivity index (χ0) is 12.0. The molecule has 0 aliphatic heterocycles. The standard InChI is InChI=1S/C13H20N2O/c1-14(2)9-10-15(3)13(16)11-12-7-5-4-6-8-12/h4-8H,9-11H2,1-3H3. The molecule has 0 N–H and O–H groups in total. The van der Waals surface area contributed by atoms with Gasteiger partial charge in [0.1, 0.15) is 0 Å². The minimum atomic E-state index is 0.174. The maximum absolute atomic E-state index is 11.8. The molecule has 88 valence electrons. The first-order chi connectivity index (χ1) is 7.59. The van der Waals surface area contributed by atoms with E-state index in [0.717, 1.165) is 18.7 Å². The largest absolute Gasteiger partial charge is 0.344 e. The van der Waals surface area contributed by atoms with Gasteiger partial charge in [-0.1, -0.05) is 30.3 Å². The van der Waals surface area contributed by atoms with Crippen molar-refractivity contribution in [1.82, 2.24) is 9.80 Å². The average molecular weight is 220 g/mol. The van der Waals surface area contributed by atoms with Gasteiger partial charge in [0.15, 0.2) is 0 Å². The van der Waals surface area contributed by atoms with Gasteiger partial charge in [0, 0.05) is 20.1 Å². The number of hydrogen-bond acceptors (Lipinski definition) is 2. The van der Waals surface area contributed by atoms with Crippen LogP contribution < -0.4 is 0 Å². The fourth-order valence-electron chi connectivity index (χ4n) is 1.38. The van der Waals surface area contributed by atoms with Crippen LogP contribution in [0.3, 0.4) is 0 Å². The zero-order valence-electron chi connectivity index (χ0n) is 10.3. The summed E-state index contributed by atoms with van der Waals surface area (Å²) in [5, 5.41) is 0. The zero-order valence-corrected chi connectivity index (χ0v) is 10.3. The average Bonchev–Trinajstić information content (AvgIpc) is 2.27. The summed E-state index contributed by atoms with van der Waals surface area (Å²) in [5.74, 6) is 0.174. The van der Waals surface area contributed by atoms with E-state index in [2.05, 4.69) is 4.90 Å². The van der Waals surface area contributed by atoms with Crippen molar-refractivity contribution in [1.29, 1.82) is 0 Å². The number of amides is 1. The van der Waals surface area contributed by atoms with Crippen LogP contribution in [-0.4, -0.2) is 49.9 Å². The second kappa shape index (κ2) is 6.28. The summed E-state index contributed by atoms with van der Waals surface area (Å²) in [7, 11) is 5.87. The number of rotatable bonds is 5. The van der Waals surface area contributed by atoms with Crippen molar-refractivity contribution in [2.45, 2.75) is 6.42 Å². The Balaban J connectivity index is 2.40. The van der Waals surface area contributed by atoms with E-state index in [-0.39, 0.29) is 5.91 Å². The summed E-state index contributed by atoms with van der Waals surface area (Å²) in [4.78, 5) is 15.7. The first kappa shape index (κ1) is 12.7.